The summed E-state index contributed by atoms with van der Waals surface area (Å²) in [7, 11) is 0. The Morgan fingerprint density at radius 2 is 1.82 bits per heavy atom. The maximum absolute atomic E-state index is 12.5. The van der Waals surface area contributed by atoms with Crippen LogP contribution in [0.3, 0.4) is 0 Å². The second kappa shape index (κ2) is 9.26. The lowest BCUT2D eigenvalue weighted by molar-refractivity contribution is -0.118. The van der Waals surface area contributed by atoms with E-state index in [4.69, 9.17) is 4.74 Å². The highest BCUT2D eigenvalue weighted by molar-refractivity contribution is 7.15. The Morgan fingerprint density at radius 3 is 2.50 bits per heavy atom. The van der Waals surface area contributed by atoms with Crippen LogP contribution in [0.1, 0.15) is 38.8 Å². The molecule has 8 nitrogen and oxygen atoms in total. The monoisotopic (exact) mass is 477 g/mol. The van der Waals surface area contributed by atoms with E-state index in [1.807, 2.05) is 48.7 Å². The molecule has 0 saturated heterocycles. The van der Waals surface area contributed by atoms with Gasteiger partial charge in [-0.25, -0.2) is 4.52 Å². The topological polar surface area (TPSA) is 97.6 Å². The Hall–Kier alpha value is -3.72. The van der Waals surface area contributed by atoms with E-state index in [-0.39, 0.29) is 29.8 Å². The van der Waals surface area contributed by atoms with Gasteiger partial charge in [-0.3, -0.25) is 14.9 Å². The zero-order valence-electron chi connectivity index (χ0n) is 19.8. The van der Waals surface area contributed by atoms with Gasteiger partial charge in [0.2, 0.25) is 10.9 Å². The molecule has 2 aromatic carbocycles. The third-order valence-corrected chi connectivity index (χ3v) is 5.95. The van der Waals surface area contributed by atoms with Crippen LogP contribution in [-0.2, 0) is 15.0 Å². The number of aryl methyl sites for hydroxylation is 1. The van der Waals surface area contributed by atoms with Crippen molar-refractivity contribution < 1.29 is 14.3 Å². The second-order valence-corrected chi connectivity index (χ2v) is 9.93. The summed E-state index contributed by atoms with van der Waals surface area (Å²) in [5.41, 5.74) is 4.57. The van der Waals surface area contributed by atoms with E-state index in [0.29, 0.717) is 10.7 Å². The Kier molecular flexibility index (Phi) is 6.39. The number of amides is 2. The van der Waals surface area contributed by atoms with Crippen LogP contribution in [0.25, 0.3) is 16.2 Å². The fraction of sp³-hybridized carbons (Fsp3) is 0.280. The lowest BCUT2D eigenvalue weighted by atomic mass is 9.85. The second-order valence-electron chi connectivity index (χ2n) is 9.10. The van der Waals surface area contributed by atoms with Crippen LogP contribution in [-0.4, -0.2) is 33.0 Å². The predicted molar refractivity (Wildman–Crippen MR) is 135 cm³/mol. The average molecular weight is 478 g/mol. The van der Waals surface area contributed by atoms with Gasteiger partial charge in [0.15, 0.2) is 6.61 Å². The van der Waals surface area contributed by atoms with Crippen LogP contribution in [0, 0.1) is 6.92 Å². The summed E-state index contributed by atoms with van der Waals surface area (Å²) in [5.74, 6) is 0.455. The van der Waals surface area contributed by atoms with Crippen molar-refractivity contribution >= 4 is 39.7 Å². The number of aromatic nitrogens is 3. The third-order valence-electron chi connectivity index (χ3n) is 5.14. The number of hydrogen-bond donors (Lipinski definition) is 2. The number of anilines is 2. The minimum Gasteiger partial charge on any atom is -0.483 e. The van der Waals surface area contributed by atoms with Crippen LogP contribution in [0.2, 0.25) is 0 Å². The fourth-order valence-electron chi connectivity index (χ4n) is 3.52. The van der Waals surface area contributed by atoms with Crippen molar-refractivity contribution in [3.63, 3.8) is 0 Å². The van der Waals surface area contributed by atoms with E-state index in [2.05, 4.69) is 47.6 Å². The Bertz CT molecular complexity index is 1350. The summed E-state index contributed by atoms with van der Waals surface area (Å²) < 4.78 is 7.52. The largest absolute Gasteiger partial charge is 0.483 e. The molecule has 0 fully saturated rings. The van der Waals surface area contributed by atoms with Crippen molar-refractivity contribution in [2.75, 3.05) is 17.2 Å². The number of ether oxygens (including phenoxy) is 1. The molecule has 9 heteroatoms. The molecule has 0 radical (unpaired) electrons. The number of nitrogens with zero attached hydrogens (tertiary/aromatic N) is 3. The Balaban J connectivity index is 1.45. The maximum atomic E-state index is 12.5. The van der Waals surface area contributed by atoms with E-state index in [1.165, 1.54) is 18.3 Å². The summed E-state index contributed by atoms with van der Waals surface area (Å²) in [6, 6.07) is 13.4. The highest BCUT2D eigenvalue weighted by Crippen LogP contribution is 2.32. The number of hydrogen-bond acceptors (Lipinski definition) is 6. The molecule has 34 heavy (non-hydrogen) atoms. The number of rotatable bonds is 6. The van der Waals surface area contributed by atoms with Crippen molar-refractivity contribution in [3.05, 3.63) is 59.0 Å². The van der Waals surface area contributed by atoms with Crippen molar-refractivity contribution in [2.45, 2.75) is 40.0 Å². The molecule has 0 bridgehead atoms. The normalized spacial score (nSPS) is 11.4. The first kappa shape index (κ1) is 23.4. The Morgan fingerprint density at radius 1 is 1.09 bits per heavy atom. The molecule has 0 atom stereocenters. The summed E-state index contributed by atoms with van der Waals surface area (Å²) >= 11 is 1.42. The van der Waals surface area contributed by atoms with Gasteiger partial charge in [0.25, 0.3) is 11.9 Å². The van der Waals surface area contributed by atoms with Gasteiger partial charge in [-0.1, -0.05) is 50.6 Å². The van der Waals surface area contributed by atoms with Crippen LogP contribution in [0.5, 0.6) is 5.75 Å². The molecule has 0 spiro atoms. The van der Waals surface area contributed by atoms with Crippen LogP contribution < -0.4 is 15.4 Å². The first-order valence-electron chi connectivity index (χ1n) is 10.9. The quantitative estimate of drug-likeness (QED) is 0.405. The molecule has 2 N–H and O–H groups in total. The van der Waals surface area contributed by atoms with E-state index in [9.17, 15) is 9.59 Å². The molecule has 176 valence electrons. The minimum atomic E-state index is -0.333. The van der Waals surface area contributed by atoms with E-state index in [0.717, 1.165) is 28.1 Å². The summed E-state index contributed by atoms with van der Waals surface area (Å²) in [6.07, 6.45) is 0. The molecule has 0 unspecified atom stereocenters. The third kappa shape index (κ3) is 5.26. The van der Waals surface area contributed by atoms with Crippen molar-refractivity contribution in [2.24, 2.45) is 0 Å². The van der Waals surface area contributed by atoms with Crippen LogP contribution in [0.15, 0.2) is 47.8 Å². The molecule has 2 aromatic heterocycles. The standard InChI is InChI=1S/C25H27N5O3S/c1-15-6-11-21(19(12-15)25(3,4)5)33-13-22(32)27-23-28-24-30(29-23)20(14-34-24)17-7-9-18(10-8-17)26-16(2)31/h6-12,14H,13H2,1-5H3,(H,26,31)(H,27,29,32). The molecule has 0 saturated carbocycles. The average Bonchev–Trinajstić information content (AvgIpc) is 3.32. The summed E-state index contributed by atoms with van der Waals surface area (Å²) in [5, 5.41) is 11.9. The van der Waals surface area contributed by atoms with Gasteiger partial charge >= 0.3 is 0 Å². The van der Waals surface area contributed by atoms with Gasteiger partial charge < -0.3 is 10.1 Å². The fourth-order valence-corrected chi connectivity index (χ4v) is 4.35. The molecule has 0 aliphatic carbocycles. The Labute approximate surface area is 202 Å². The van der Waals surface area contributed by atoms with Gasteiger partial charge in [-0.05, 0) is 36.1 Å². The molecule has 4 aromatic rings. The van der Waals surface area contributed by atoms with Crippen molar-refractivity contribution in [1.82, 2.24) is 14.6 Å². The van der Waals surface area contributed by atoms with Gasteiger partial charge in [-0.15, -0.1) is 16.4 Å². The SMILES string of the molecule is CC(=O)Nc1ccc(-c2csc3nc(NC(=O)COc4ccc(C)cc4C(C)(C)C)nn23)cc1. The molecule has 0 aliphatic rings. The number of carbonyl (C=O) groups excluding carboxylic acids is 2. The minimum absolute atomic E-state index is 0.107. The van der Waals surface area contributed by atoms with E-state index in [1.54, 1.807) is 4.52 Å². The lowest BCUT2D eigenvalue weighted by Gasteiger charge is -2.23. The molecule has 4 rings (SSSR count). The van der Waals surface area contributed by atoms with Gasteiger partial charge in [0, 0.05) is 23.6 Å². The lowest BCUT2D eigenvalue weighted by Crippen LogP contribution is -2.22. The first-order valence-corrected chi connectivity index (χ1v) is 11.7. The predicted octanol–water partition coefficient (Wildman–Crippen LogP) is 5.04. The molecule has 2 heterocycles. The summed E-state index contributed by atoms with van der Waals surface area (Å²) in [6.45, 7) is 9.70. The van der Waals surface area contributed by atoms with Gasteiger partial charge in [0.1, 0.15) is 5.75 Å². The van der Waals surface area contributed by atoms with Gasteiger partial charge in [-0.2, -0.15) is 4.98 Å². The van der Waals surface area contributed by atoms with E-state index >= 15 is 0 Å². The van der Waals surface area contributed by atoms with Gasteiger partial charge in [0.05, 0.1) is 5.69 Å². The van der Waals surface area contributed by atoms with Crippen LogP contribution >= 0.6 is 11.3 Å². The molecular weight excluding hydrogens is 450 g/mol. The number of carbonyl (C=O) groups is 2. The number of nitrogens with one attached hydrogen (secondary N) is 2. The number of thiazole rings is 1. The summed E-state index contributed by atoms with van der Waals surface area (Å²) in [4.78, 5) is 28.8. The number of fused-ring (bicyclic) bond motifs is 1. The molecular formula is C25H27N5O3S. The van der Waals surface area contributed by atoms with Crippen molar-refractivity contribution in [1.29, 1.82) is 0 Å². The molecule has 2 amide bonds. The maximum Gasteiger partial charge on any atom is 0.264 e. The van der Waals surface area contributed by atoms with Crippen LogP contribution in [0.4, 0.5) is 11.6 Å². The number of benzene rings is 2. The smallest absolute Gasteiger partial charge is 0.264 e. The highest BCUT2D eigenvalue weighted by Gasteiger charge is 2.20. The highest BCUT2D eigenvalue weighted by atomic mass is 32.1. The molecule has 0 aliphatic heterocycles. The zero-order valence-corrected chi connectivity index (χ0v) is 20.6. The first-order chi connectivity index (χ1) is 16.1. The van der Waals surface area contributed by atoms with E-state index < -0.39 is 0 Å². The zero-order chi connectivity index (χ0) is 24.5. The van der Waals surface area contributed by atoms with Crippen molar-refractivity contribution in [3.8, 4) is 17.0 Å².